The van der Waals surface area contributed by atoms with Crippen LogP contribution in [0.3, 0.4) is 0 Å². The molecule has 29 heavy (non-hydrogen) atoms. The Hall–Kier alpha value is -3.20. The highest BCUT2D eigenvalue weighted by Crippen LogP contribution is 2.33. The lowest BCUT2D eigenvalue weighted by Crippen LogP contribution is -2.36. The molecule has 6 N–H and O–H groups in total. The molecule has 1 heterocycles. The van der Waals surface area contributed by atoms with Crippen molar-refractivity contribution in [2.24, 2.45) is 0 Å². The fourth-order valence-corrected chi connectivity index (χ4v) is 3.49. The molecule has 150 valence electrons. The average Bonchev–Trinajstić information content (AvgIpc) is 2.66. The van der Waals surface area contributed by atoms with E-state index in [-0.39, 0.29) is 0 Å². The van der Waals surface area contributed by atoms with Crippen LogP contribution < -0.4 is 16.0 Å². The summed E-state index contributed by atoms with van der Waals surface area (Å²) in [5.41, 5.74) is 17.2. The molecule has 0 spiro atoms. The Morgan fingerprint density at radius 2 is 1.38 bits per heavy atom. The van der Waals surface area contributed by atoms with E-state index in [0.717, 1.165) is 23.4 Å². The van der Waals surface area contributed by atoms with Gasteiger partial charge in [-0.1, -0.05) is 24.3 Å². The van der Waals surface area contributed by atoms with Gasteiger partial charge in [-0.2, -0.15) is 13.0 Å². The number of nitrogen functional groups attached to an aromatic ring is 2. The summed E-state index contributed by atoms with van der Waals surface area (Å²) < 4.78 is 33.9. The summed E-state index contributed by atoms with van der Waals surface area (Å²) in [5.74, 6) is 0. The van der Waals surface area contributed by atoms with Crippen LogP contribution in [-0.4, -0.2) is 17.5 Å². The van der Waals surface area contributed by atoms with Crippen LogP contribution in [0.4, 0.5) is 11.4 Å². The Bertz CT molecular complexity index is 1280. The summed E-state index contributed by atoms with van der Waals surface area (Å²) in [7, 11) is -4.67. The van der Waals surface area contributed by atoms with Crippen LogP contribution in [0.2, 0.25) is 0 Å². The predicted octanol–water partition coefficient (Wildman–Crippen LogP) is 3.48. The van der Waals surface area contributed by atoms with Crippen molar-refractivity contribution < 1.29 is 22.1 Å². The van der Waals surface area contributed by atoms with Gasteiger partial charge in [0.2, 0.25) is 11.2 Å². The SMILES string of the molecule is CC[n+]1c(-c2ccccc2)c2cc(N)ccc2c2ccc(N)cc21.O=S(=O)(O)O. The van der Waals surface area contributed by atoms with Gasteiger partial charge in [0.05, 0.1) is 10.8 Å². The van der Waals surface area contributed by atoms with Crippen molar-refractivity contribution in [3.63, 3.8) is 0 Å². The van der Waals surface area contributed by atoms with E-state index in [9.17, 15) is 0 Å². The third-order valence-corrected chi connectivity index (χ3v) is 4.53. The van der Waals surface area contributed by atoms with Crippen LogP contribution in [0.15, 0.2) is 66.7 Å². The number of hydrogen-bond acceptors (Lipinski definition) is 4. The van der Waals surface area contributed by atoms with Gasteiger partial charge in [-0.15, -0.1) is 0 Å². The summed E-state index contributed by atoms with van der Waals surface area (Å²) in [4.78, 5) is 0. The Morgan fingerprint density at radius 1 is 0.828 bits per heavy atom. The molecule has 0 amide bonds. The van der Waals surface area contributed by atoms with E-state index in [1.807, 2.05) is 18.2 Å². The monoisotopic (exact) mass is 412 g/mol. The average molecular weight is 412 g/mol. The number of aryl methyl sites for hydroxylation is 1. The van der Waals surface area contributed by atoms with Gasteiger partial charge in [0, 0.05) is 28.4 Å². The summed E-state index contributed by atoms with van der Waals surface area (Å²) in [5, 5.41) is 3.56. The molecule has 3 aromatic carbocycles. The number of benzene rings is 3. The maximum absolute atomic E-state index is 8.74. The van der Waals surface area contributed by atoms with E-state index in [0.29, 0.717) is 0 Å². The lowest BCUT2D eigenvalue weighted by atomic mass is 9.98. The second kappa shape index (κ2) is 8.04. The molecule has 0 bridgehead atoms. The molecular weight excluding hydrogens is 390 g/mol. The zero-order chi connectivity index (χ0) is 21.2. The molecule has 0 saturated carbocycles. The summed E-state index contributed by atoms with van der Waals surface area (Å²) in [6.45, 7) is 3.02. The highest BCUT2D eigenvalue weighted by molar-refractivity contribution is 7.79. The van der Waals surface area contributed by atoms with Gasteiger partial charge in [0.1, 0.15) is 6.54 Å². The standard InChI is InChI=1S/C21H19N3.H2O4S/c1-2-24-20-13-16(23)9-11-18(20)17-10-8-15(22)12-19(17)21(24)14-6-4-3-5-7-14;1-5(2,3)4/h3-13,23H,2,22H2,1H3;(H2,1,2,3,4)/p+1. The van der Waals surface area contributed by atoms with E-state index in [1.54, 1.807) is 0 Å². The third-order valence-electron chi connectivity index (χ3n) is 4.53. The van der Waals surface area contributed by atoms with E-state index in [4.69, 9.17) is 29.0 Å². The van der Waals surface area contributed by atoms with Crippen molar-refractivity contribution >= 4 is 43.4 Å². The normalized spacial score (nSPS) is 11.3. The predicted molar refractivity (Wildman–Crippen MR) is 116 cm³/mol. The smallest absolute Gasteiger partial charge is 0.394 e. The second-order valence-electron chi connectivity index (χ2n) is 6.49. The van der Waals surface area contributed by atoms with E-state index < -0.39 is 10.4 Å². The molecule has 0 aliphatic carbocycles. The van der Waals surface area contributed by atoms with E-state index in [2.05, 4.69) is 60.0 Å². The van der Waals surface area contributed by atoms with Crippen molar-refractivity contribution in [2.75, 3.05) is 11.5 Å². The first-order chi connectivity index (χ1) is 13.7. The van der Waals surface area contributed by atoms with Crippen LogP contribution in [0.5, 0.6) is 0 Å². The fraction of sp³-hybridized carbons (Fsp3) is 0.0952. The van der Waals surface area contributed by atoms with Crippen LogP contribution in [0.1, 0.15) is 6.92 Å². The highest BCUT2D eigenvalue weighted by atomic mass is 32.3. The zero-order valence-electron chi connectivity index (χ0n) is 15.8. The lowest BCUT2D eigenvalue weighted by molar-refractivity contribution is -0.655. The number of hydrogen-bond donors (Lipinski definition) is 4. The Kier molecular flexibility index (Phi) is 5.69. The second-order valence-corrected chi connectivity index (χ2v) is 7.38. The largest absolute Gasteiger partial charge is 0.399 e. The number of anilines is 2. The molecule has 7 nitrogen and oxygen atoms in total. The molecule has 0 atom stereocenters. The Labute approximate surface area is 168 Å². The van der Waals surface area contributed by atoms with Crippen LogP contribution in [0, 0.1) is 0 Å². The van der Waals surface area contributed by atoms with Crippen molar-refractivity contribution in [1.82, 2.24) is 0 Å². The summed E-state index contributed by atoms with van der Waals surface area (Å²) in [6, 6.07) is 22.7. The molecule has 1 aromatic heterocycles. The number of nitrogens with two attached hydrogens (primary N) is 2. The molecule has 0 fully saturated rings. The van der Waals surface area contributed by atoms with Gasteiger partial charge in [-0.05, 0) is 43.3 Å². The Morgan fingerprint density at radius 3 is 1.97 bits per heavy atom. The molecule has 4 rings (SSSR count). The summed E-state index contributed by atoms with van der Waals surface area (Å²) >= 11 is 0. The van der Waals surface area contributed by atoms with Gasteiger partial charge in [0.25, 0.3) is 0 Å². The van der Waals surface area contributed by atoms with Crippen molar-refractivity contribution in [3.8, 4) is 11.3 Å². The molecule has 0 saturated heterocycles. The van der Waals surface area contributed by atoms with Gasteiger partial charge < -0.3 is 11.5 Å². The minimum absolute atomic E-state index is 0.775. The molecule has 4 aromatic rings. The van der Waals surface area contributed by atoms with Crippen LogP contribution in [0.25, 0.3) is 32.9 Å². The first-order valence-electron chi connectivity index (χ1n) is 8.88. The van der Waals surface area contributed by atoms with Gasteiger partial charge in [-0.3, -0.25) is 9.11 Å². The van der Waals surface area contributed by atoms with Crippen LogP contribution in [-0.2, 0) is 16.9 Å². The zero-order valence-corrected chi connectivity index (χ0v) is 16.6. The molecule has 0 unspecified atom stereocenters. The number of aromatic nitrogens is 1. The number of rotatable bonds is 2. The quantitative estimate of drug-likeness (QED) is 0.173. The first kappa shape index (κ1) is 20.5. The maximum atomic E-state index is 8.74. The van der Waals surface area contributed by atoms with Crippen LogP contribution >= 0.6 is 0 Å². The first-order valence-corrected chi connectivity index (χ1v) is 10.3. The Balaban J connectivity index is 0.000000431. The molecule has 0 radical (unpaired) electrons. The van der Waals surface area contributed by atoms with E-state index in [1.165, 1.54) is 27.4 Å². The molecular formula is C21H22N3O4S+. The number of fused-ring (bicyclic) bond motifs is 3. The maximum Gasteiger partial charge on any atom is 0.394 e. The van der Waals surface area contributed by atoms with Gasteiger partial charge >= 0.3 is 10.4 Å². The van der Waals surface area contributed by atoms with Gasteiger partial charge in [0.15, 0.2) is 0 Å². The van der Waals surface area contributed by atoms with Crippen molar-refractivity contribution in [3.05, 3.63) is 66.7 Å². The number of pyridine rings is 1. The number of nitrogens with zero attached hydrogens (tertiary/aromatic N) is 1. The van der Waals surface area contributed by atoms with E-state index >= 15 is 0 Å². The molecule has 0 aliphatic rings. The molecule has 0 aliphatic heterocycles. The lowest BCUT2D eigenvalue weighted by Gasteiger charge is -2.12. The highest BCUT2D eigenvalue weighted by Gasteiger charge is 2.22. The fourth-order valence-electron chi connectivity index (χ4n) is 3.49. The third kappa shape index (κ3) is 4.62. The van der Waals surface area contributed by atoms with Gasteiger partial charge in [-0.25, -0.2) is 0 Å². The topological polar surface area (TPSA) is 131 Å². The summed E-state index contributed by atoms with van der Waals surface area (Å²) in [6.07, 6.45) is 0. The van der Waals surface area contributed by atoms with Crippen molar-refractivity contribution in [1.29, 1.82) is 0 Å². The minimum Gasteiger partial charge on any atom is -0.399 e. The molecule has 8 heteroatoms. The minimum atomic E-state index is -4.67. The van der Waals surface area contributed by atoms with Crippen molar-refractivity contribution in [2.45, 2.75) is 13.5 Å².